The van der Waals surface area contributed by atoms with Crippen LogP contribution >= 0.6 is 0 Å². The van der Waals surface area contributed by atoms with Crippen LogP contribution in [-0.4, -0.2) is 18.4 Å². The van der Waals surface area contributed by atoms with Crippen molar-refractivity contribution < 1.29 is 17.2 Å². The standard InChI is InChI=1S/C19H14F2N4O2S/c1-12-4-2-3-5-17(12)28(26,27)25-16-9-8-15(20)14(18(16)21)7-6-13-10-23-19(22)24-11-13/h2-5,8-11,25H,1H3,(H2,22,23,24). The van der Waals surface area contributed by atoms with Gasteiger partial charge in [-0.3, -0.25) is 4.72 Å². The Morgan fingerprint density at radius 3 is 2.39 bits per heavy atom. The first-order valence-electron chi connectivity index (χ1n) is 7.94. The molecule has 0 radical (unpaired) electrons. The van der Waals surface area contributed by atoms with E-state index in [-0.39, 0.29) is 10.8 Å². The van der Waals surface area contributed by atoms with Gasteiger partial charge in [-0.2, -0.15) is 0 Å². The SMILES string of the molecule is Cc1ccccc1S(=O)(=O)Nc1ccc(F)c(C#Cc2cnc(N)nc2)c1F. The number of hydrogen-bond donors (Lipinski definition) is 2. The molecule has 142 valence electrons. The Morgan fingerprint density at radius 1 is 1.04 bits per heavy atom. The number of halogens is 2. The molecule has 1 heterocycles. The molecule has 0 saturated carbocycles. The predicted molar refractivity (Wildman–Crippen MR) is 101 cm³/mol. The highest BCUT2D eigenvalue weighted by Gasteiger charge is 2.20. The first-order valence-corrected chi connectivity index (χ1v) is 9.42. The number of hydrogen-bond acceptors (Lipinski definition) is 5. The largest absolute Gasteiger partial charge is 0.368 e. The van der Waals surface area contributed by atoms with Gasteiger partial charge in [-0.15, -0.1) is 0 Å². The van der Waals surface area contributed by atoms with Crippen molar-refractivity contribution in [1.82, 2.24) is 9.97 Å². The van der Waals surface area contributed by atoms with Gasteiger partial charge in [0, 0.05) is 12.4 Å². The van der Waals surface area contributed by atoms with Crippen molar-refractivity contribution in [1.29, 1.82) is 0 Å². The Kier molecular flexibility index (Phi) is 5.24. The van der Waals surface area contributed by atoms with Crippen LogP contribution in [0, 0.1) is 30.4 Å². The summed E-state index contributed by atoms with van der Waals surface area (Å²) >= 11 is 0. The molecule has 6 nitrogen and oxygen atoms in total. The van der Waals surface area contributed by atoms with Crippen molar-refractivity contribution in [3.8, 4) is 11.8 Å². The Bertz CT molecular complexity index is 1200. The summed E-state index contributed by atoms with van der Waals surface area (Å²) in [5, 5.41) is 0. The zero-order chi connectivity index (χ0) is 20.3. The summed E-state index contributed by atoms with van der Waals surface area (Å²) in [5.41, 5.74) is 5.15. The predicted octanol–water partition coefficient (Wildman–Crippen LogP) is 2.85. The van der Waals surface area contributed by atoms with Crippen molar-refractivity contribution in [2.45, 2.75) is 11.8 Å². The fourth-order valence-electron chi connectivity index (χ4n) is 2.34. The molecule has 2 aromatic carbocycles. The van der Waals surface area contributed by atoms with Crippen LogP contribution in [0.25, 0.3) is 0 Å². The molecular weight excluding hydrogens is 386 g/mol. The molecule has 28 heavy (non-hydrogen) atoms. The van der Waals surface area contributed by atoms with Gasteiger partial charge in [0.1, 0.15) is 5.82 Å². The number of sulfonamides is 1. The molecule has 0 aliphatic rings. The van der Waals surface area contributed by atoms with Crippen LogP contribution in [0.1, 0.15) is 16.7 Å². The van der Waals surface area contributed by atoms with Gasteiger partial charge in [-0.25, -0.2) is 27.2 Å². The first kappa shape index (κ1) is 19.3. The molecule has 0 fully saturated rings. The fourth-order valence-corrected chi connectivity index (χ4v) is 3.65. The monoisotopic (exact) mass is 400 g/mol. The van der Waals surface area contributed by atoms with Gasteiger partial charge in [-0.1, -0.05) is 30.0 Å². The normalized spacial score (nSPS) is 10.8. The summed E-state index contributed by atoms with van der Waals surface area (Å²) in [7, 11) is -4.06. The van der Waals surface area contributed by atoms with Gasteiger partial charge in [0.25, 0.3) is 10.0 Å². The fraction of sp³-hybridized carbons (Fsp3) is 0.0526. The molecule has 0 saturated heterocycles. The number of nitrogen functional groups attached to an aromatic ring is 1. The number of anilines is 2. The maximum absolute atomic E-state index is 14.7. The third kappa shape index (κ3) is 4.07. The van der Waals surface area contributed by atoms with Crippen LogP contribution in [0.2, 0.25) is 0 Å². The van der Waals surface area contributed by atoms with E-state index in [1.165, 1.54) is 18.5 Å². The summed E-state index contributed by atoms with van der Waals surface area (Å²) < 4.78 is 56.0. The maximum atomic E-state index is 14.7. The Balaban J connectivity index is 1.98. The molecule has 3 rings (SSSR count). The zero-order valence-corrected chi connectivity index (χ0v) is 15.4. The highest BCUT2D eigenvalue weighted by Crippen LogP contribution is 2.24. The average Bonchev–Trinajstić information content (AvgIpc) is 2.65. The average molecular weight is 400 g/mol. The Labute approximate surface area is 160 Å². The van der Waals surface area contributed by atoms with E-state index in [2.05, 4.69) is 26.5 Å². The lowest BCUT2D eigenvalue weighted by atomic mass is 10.1. The van der Waals surface area contributed by atoms with Crippen LogP contribution < -0.4 is 10.5 Å². The molecule has 0 spiro atoms. The van der Waals surface area contributed by atoms with E-state index in [1.54, 1.807) is 25.1 Å². The lowest BCUT2D eigenvalue weighted by Crippen LogP contribution is -2.15. The topological polar surface area (TPSA) is 98.0 Å². The Morgan fingerprint density at radius 2 is 1.71 bits per heavy atom. The van der Waals surface area contributed by atoms with E-state index >= 15 is 0 Å². The van der Waals surface area contributed by atoms with Gasteiger partial charge < -0.3 is 5.73 Å². The van der Waals surface area contributed by atoms with E-state index in [0.717, 1.165) is 12.1 Å². The molecule has 0 unspecified atom stereocenters. The second-order valence-corrected chi connectivity index (χ2v) is 7.39. The maximum Gasteiger partial charge on any atom is 0.262 e. The number of nitrogens with two attached hydrogens (primary N) is 1. The molecule has 0 atom stereocenters. The van der Waals surface area contributed by atoms with Crippen molar-refractivity contribution in [2.75, 3.05) is 10.5 Å². The van der Waals surface area contributed by atoms with Crippen LogP contribution in [0.4, 0.5) is 20.4 Å². The van der Waals surface area contributed by atoms with Crippen LogP contribution in [0.5, 0.6) is 0 Å². The minimum atomic E-state index is -4.06. The second kappa shape index (κ2) is 7.62. The zero-order valence-electron chi connectivity index (χ0n) is 14.6. The van der Waals surface area contributed by atoms with Crippen molar-refractivity contribution >= 4 is 21.7 Å². The van der Waals surface area contributed by atoms with Gasteiger partial charge >= 0.3 is 0 Å². The molecule has 0 aliphatic carbocycles. The van der Waals surface area contributed by atoms with Crippen molar-refractivity contribution in [3.63, 3.8) is 0 Å². The van der Waals surface area contributed by atoms with E-state index in [0.29, 0.717) is 11.1 Å². The van der Waals surface area contributed by atoms with Gasteiger partial charge in [0.2, 0.25) is 5.95 Å². The van der Waals surface area contributed by atoms with Crippen molar-refractivity contribution in [2.24, 2.45) is 0 Å². The smallest absolute Gasteiger partial charge is 0.262 e. The number of benzene rings is 2. The van der Waals surface area contributed by atoms with E-state index in [1.807, 2.05) is 0 Å². The lowest BCUT2D eigenvalue weighted by molar-refractivity contribution is 0.577. The molecule has 1 aromatic heterocycles. The molecule has 0 bridgehead atoms. The molecular formula is C19H14F2N4O2S. The van der Waals surface area contributed by atoms with E-state index < -0.39 is 32.9 Å². The summed E-state index contributed by atoms with van der Waals surface area (Å²) in [6.07, 6.45) is 2.60. The highest BCUT2D eigenvalue weighted by atomic mass is 32.2. The Hall–Kier alpha value is -3.51. The van der Waals surface area contributed by atoms with Crippen LogP contribution in [0.15, 0.2) is 53.7 Å². The van der Waals surface area contributed by atoms with Crippen LogP contribution in [0.3, 0.4) is 0 Å². The van der Waals surface area contributed by atoms with Crippen LogP contribution in [-0.2, 0) is 10.0 Å². The van der Waals surface area contributed by atoms with Gasteiger partial charge in [-0.05, 0) is 30.7 Å². The number of aromatic nitrogens is 2. The van der Waals surface area contributed by atoms with Crippen molar-refractivity contribution in [3.05, 3.63) is 77.1 Å². The molecule has 3 aromatic rings. The number of aryl methyl sites for hydroxylation is 1. The van der Waals surface area contributed by atoms with E-state index in [9.17, 15) is 17.2 Å². The molecule has 0 aliphatic heterocycles. The third-order valence-corrected chi connectivity index (χ3v) is 5.25. The third-order valence-electron chi connectivity index (χ3n) is 3.72. The number of rotatable bonds is 3. The molecule has 3 N–H and O–H groups in total. The number of nitrogens with one attached hydrogen (secondary N) is 1. The van der Waals surface area contributed by atoms with Gasteiger partial charge in [0.15, 0.2) is 5.82 Å². The molecule has 9 heteroatoms. The lowest BCUT2D eigenvalue weighted by Gasteiger charge is -2.12. The summed E-state index contributed by atoms with van der Waals surface area (Å²) in [5.74, 6) is 2.83. The first-order chi connectivity index (χ1) is 13.3. The highest BCUT2D eigenvalue weighted by molar-refractivity contribution is 7.92. The molecule has 0 amide bonds. The van der Waals surface area contributed by atoms with E-state index in [4.69, 9.17) is 5.73 Å². The summed E-state index contributed by atoms with van der Waals surface area (Å²) in [4.78, 5) is 7.45. The quantitative estimate of drug-likeness (QED) is 0.659. The minimum Gasteiger partial charge on any atom is -0.368 e. The van der Waals surface area contributed by atoms with Gasteiger partial charge in [0.05, 0.1) is 21.7 Å². The number of nitrogens with zero attached hydrogens (tertiary/aromatic N) is 2. The second-order valence-electron chi connectivity index (χ2n) is 5.73. The summed E-state index contributed by atoms with van der Waals surface area (Å²) in [6, 6.07) is 8.16. The minimum absolute atomic E-state index is 0.00891. The summed E-state index contributed by atoms with van der Waals surface area (Å²) in [6.45, 7) is 1.61.